The quantitative estimate of drug-likeness (QED) is 0.655. The summed E-state index contributed by atoms with van der Waals surface area (Å²) in [6.07, 6.45) is -1.75. The average Bonchev–Trinajstić information content (AvgIpc) is 2.28. The minimum absolute atomic E-state index is 0.338. The second kappa shape index (κ2) is 6.19. The Morgan fingerprint density at radius 3 is 2.41 bits per heavy atom. The fraction of sp³-hybridized carbons (Fsp3) is 0.700. The van der Waals surface area contributed by atoms with Crippen LogP contribution in [-0.4, -0.2) is 60.3 Å². The monoisotopic (exact) mass is 245 g/mol. The second-order valence-corrected chi connectivity index (χ2v) is 3.63. The molecule has 0 aliphatic carbocycles. The normalized spacial score (nSPS) is 17.4. The predicted molar refractivity (Wildman–Crippen MR) is 55.2 cm³/mol. The molecule has 96 valence electrons. The molecule has 0 radical (unpaired) electrons. The molecule has 0 aromatic rings. The Balaban J connectivity index is 2.50. The number of carbonyl (C=O) groups is 3. The fourth-order valence-corrected chi connectivity index (χ4v) is 1.48. The molecular weight excluding hydrogens is 230 g/mol. The van der Waals surface area contributed by atoms with Gasteiger partial charge in [0.15, 0.2) is 0 Å². The van der Waals surface area contributed by atoms with Crippen molar-refractivity contribution in [3.63, 3.8) is 0 Å². The molecule has 0 bridgehead atoms. The van der Waals surface area contributed by atoms with Gasteiger partial charge in [0.25, 0.3) is 0 Å². The summed E-state index contributed by atoms with van der Waals surface area (Å²) in [5.41, 5.74) is 0. The van der Waals surface area contributed by atoms with Gasteiger partial charge in [-0.2, -0.15) is 0 Å². The third-order valence-electron chi connectivity index (χ3n) is 2.31. The van der Waals surface area contributed by atoms with Gasteiger partial charge in [-0.25, -0.2) is 4.79 Å². The Morgan fingerprint density at radius 2 is 1.94 bits per heavy atom. The summed E-state index contributed by atoms with van der Waals surface area (Å²) >= 11 is 0. The first-order valence-electron chi connectivity index (χ1n) is 5.26. The van der Waals surface area contributed by atoms with Crippen molar-refractivity contribution in [2.45, 2.75) is 19.4 Å². The average molecular weight is 245 g/mol. The van der Waals surface area contributed by atoms with E-state index in [0.717, 1.165) is 6.92 Å². The van der Waals surface area contributed by atoms with Crippen LogP contribution in [-0.2, 0) is 23.9 Å². The lowest BCUT2D eigenvalue weighted by Crippen LogP contribution is -2.43. The van der Waals surface area contributed by atoms with E-state index in [4.69, 9.17) is 9.84 Å². The van der Waals surface area contributed by atoms with Crippen LogP contribution in [0.4, 0.5) is 0 Å². The Bertz CT molecular complexity index is 310. The molecule has 1 rings (SSSR count). The number of nitrogens with zero attached hydrogens (tertiary/aromatic N) is 1. The third kappa shape index (κ3) is 4.39. The molecule has 0 aromatic carbocycles. The van der Waals surface area contributed by atoms with Crippen LogP contribution in [0.25, 0.3) is 0 Å². The van der Waals surface area contributed by atoms with Crippen LogP contribution in [0.1, 0.15) is 13.3 Å². The summed E-state index contributed by atoms with van der Waals surface area (Å²) < 4.78 is 9.63. The van der Waals surface area contributed by atoms with Crippen molar-refractivity contribution >= 4 is 17.8 Å². The van der Waals surface area contributed by atoms with E-state index in [1.165, 1.54) is 4.90 Å². The summed E-state index contributed by atoms with van der Waals surface area (Å²) in [6, 6.07) is 0. The minimum atomic E-state index is -1.41. The first-order chi connectivity index (χ1) is 8.00. The number of carboxylic acids is 1. The maximum atomic E-state index is 11.7. The zero-order chi connectivity index (χ0) is 12.8. The Hall–Kier alpha value is -1.63. The van der Waals surface area contributed by atoms with Gasteiger partial charge < -0.3 is 19.5 Å². The van der Waals surface area contributed by atoms with Crippen molar-refractivity contribution in [1.29, 1.82) is 0 Å². The minimum Gasteiger partial charge on any atom is -0.478 e. The van der Waals surface area contributed by atoms with E-state index in [-0.39, 0.29) is 12.3 Å². The highest BCUT2D eigenvalue weighted by molar-refractivity contribution is 5.85. The van der Waals surface area contributed by atoms with Gasteiger partial charge in [-0.3, -0.25) is 9.59 Å². The molecule has 1 fully saturated rings. The van der Waals surface area contributed by atoms with E-state index < -0.39 is 18.0 Å². The lowest BCUT2D eigenvalue weighted by molar-refractivity contribution is -0.165. The largest absolute Gasteiger partial charge is 0.478 e. The molecule has 1 aliphatic heterocycles. The van der Waals surface area contributed by atoms with Crippen LogP contribution in [0, 0.1) is 0 Å². The molecule has 1 heterocycles. The zero-order valence-corrected chi connectivity index (χ0v) is 9.55. The van der Waals surface area contributed by atoms with Crippen LogP contribution in [0.3, 0.4) is 0 Å². The van der Waals surface area contributed by atoms with Gasteiger partial charge in [0.05, 0.1) is 19.6 Å². The molecule has 1 aliphatic rings. The number of amides is 1. The van der Waals surface area contributed by atoms with Crippen molar-refractivity contribution in [2.24, 2.45) is 0 Å². The SMILES string of the molecule is CC(=O)O[C@@H](CC(=O)N1CCOCC1)C(=O)O. The number of esters is 1. The van der Waals surface area contributed by atoms with Crippen LogP contribution >= 0.6 is 0 Å². The molecule has 0 spiro atoms. The number of aliphatic carboxylic acids is 1. The van der Waals surface area contributed by atoms with Gasteiger partial charge in [0, 0.05) is 20.0 Å². The smallest absolute Gasteiger partial charge is 0.345 e. The van der Waals surface area contributed by atoms with Crippen molar-refractivity contribution in [3.8, 4) is 0 Å². The maximum Gasteiger partial charge on any atom is 0.345 e. The number of rotatable bonds is 4. The van der Waals surface area contributed by atoms with Gasteiger partial charge in [0.1, 0.15) is 0 Å². The molecule has 0 unspecified atom stereocenters. The topological polar surface area (TPSA) is 93.1 Å². The molecule has 1 saturated heterocycles. The van der Waals surface area contributed by atoms with Gasteiger partial charge in [-0.1, -0.05) is 0 Å². The Morgan fingerprint density at radius 1 is 1.35 bits per heavy atom. The van der Waals surface area contributed by atoms with Crippen molar-refractivity contribution < 1.29 is 29.0 Å². The Labute approximate surface area is 98.3 Å². The molecule has 1 N–H and O–H groups in total. The Kier molecular flexibility index (Phi) is 4.89. The maximum absolute atomic E-state index is 11.7. The number of carboxylic acid groups (broad SMARTS) is 1. The molecular formula is C10H15NO6. The third-order valence-corrected chi connectivity index (χ3v) is 2.31. The van der Waals surface area contributed by atoms with Gasteiger partial charge in [0.2, 0.25) is 12.0 Å². The van der Waals surface area contributed by atoms with E-state index in [1.54, 1.807) is 0 Å². The van der Waals surface area contributed by atoms with Crippen LogP contribution < -0.4 is 0 Å². The predicted octanol–water partition coefficient (Wildman–Crippen LogP) is -0.748. The van der Waals surface area contributed by atoms with E-state index in [9.17, 15) is 14.4 Å². The van der Waals surface area contributed by atoms with Gasteiger partial charge in [-0.15, -0.1) is 0 Å². The molecule has 1 amide bonds. The van der Waals surface area contributed by atoms with Gasteiger partial charge >= 0.3 is 11.9 Å². The van der Waals surface area contributed by atoms with Crippen LogP contribution in [0.2, 0.25) is 0 Å². The lowest BCUT2D eigenvalue weighted by atomic mass is 10.2. The molecule has 7 heteroatoms. The van der Waals surface area contributed by atoms with Crippen LogP contribution in [0.15, 0.2) is 0 Å². The molecule has 0 aromatic heterocycles. The van der Waals surface area contributed by atoms with E-state index in [2.05, 4.69) is 4.74 Å². The number of hydrogen-bond acceptors (Lipinski definition) is 5. The number of carbonyl (C=O) groups excluding carboxylic acids is 2. The highest BCUT2D eigenvalue weighted by Gasteiger charge is 2.27. The highest BCUT2D eigenvalue weighted by Crippen LogP contribution is 2.06. The molecule has 0 saturated carbocycles. The number of hydrogen-bond donors (Lipinski definition) is 1. The molecule has 1 atom stereocenters. The summed E-state index contributed by atoms with van der Waals surface area (Å²) in [6.45, 7) is 2.86. The van der Waals surface area contributed by atoms with Crippen molar-refractivity contribution in [3.05, 3.63) is 0 Å². The molecule has 17 heavy (non-hydrogen) atoms. The number of morpholine rings is 1. The standard InChI is InChI=1S/C10H15NO6/c1-7(12)17-8(10(14)15)6-9(13)11-2-4-16-5-3-11/h8H,2-6H2,1H3,(H,14,15)/t8-/m0/s1. The summed E-state index contributed by atoms with van der Waals surface area (Å²) in [5.74, 6) is -2.38. The summed E-state index contributed by atoms with van der Waals surface area (Å²) in [5, 5.41) is 8.80. The fourth-order valence-electron chi connectivity index (χ4n) is 1.48. The number of ether oxygens (including phenoxy) is 2. The van der Waals surface area contributed by atoms with E-state index in [0.29, 0.717) is 26.3 Å². The first-order valence-corrected chi connectivity index (χ1v) is 5.26. The molecule has 7 nitrogen and oxygen atoms in total. The van der Waals surface area contributed by atoms with E-state index >= 15 is 0 Å². The van der Waals surface area contributed by atoms with E-state index in [1.807, 2.05) is 0 Å². The summed E-state index contributed by atoms with van der Waals surface area (Å²) in [7, 11) is 0. The first kappa shape index (κ1) is 13.4. The van der Waals surface area contributed by atoms with Crippen LogP contribution in [0.5, 0.6) is 0 Å². The highest BCUT2D eigenvalue weighted by atomic mass is 16.6. The zero-order valence-electron chi connectivity index (χ0n) is 9.55. The van der Waals surface area contributed by atoms with Crippen molar-refractivity contribution in [2.75, 3.05) is 26.3 Å². The lowest BCUT2D eigenvalue weighted by Gasteiger charge is -2.27. The van der Waals surface area contributed by atoms with Crippen molar-refractivity contribution in [1.82, 2.24) is 4.90 Å². The summed E-state index contributed by atoms with van der Waals surface area (Å²) in [4.78, 5) is 34.7. The van der Waals surface area contributed by atoms with Gasteiger partial charge in [-0.05, 0) is 0 Å². The second-order valence-electron chi connectivity index (χ2n) is 3.63.